The zero-order valence-corrected chi connectivity index (χ0v) is 23.4. The van der Waals surface area contributed by atoms with Crippen LogP contribution in [0.5, 0.6) is 5.75 Å². The molecule has 1 aliphatic carbocycles. The highest BCUT2D eigenvalue weighted by molar-refractivity contribution is 7.99. The predicted octanol–water partition coefficient (Wildman–Crippen LogP) is 7.75. The summed E-state index contributed by atoms with van der Waals surface area (Å²) >= 11 is 1.96. The molecule has 3 aromatic rings. The number of nitrogens with two attached hydrogens (primary N) is 1. The minimum absolute atomic E-state index is 0.120. The molecule has 2 heterocycles. The van der Waals surface area contributed by atoms with Crippen LogP contribution in [0.2, 0.25) is 0 Å². The number of nitrogens with zero attached hydrogens (tertiary/aromatic N) is 2. The molecule has 0 radical (unpaired) electrons. The third-order valence-corrected chi connectivity index (χ3v) is 8.45. The predicted molar refractivity (Wildman–Crippen MR) is 155 cm³/mol. The fraction of sp³-hybridized carbons (Fsp3) is 0.433. The SMILES string of the molecule is C=CO.CC1(C)CSc2ccc(Nc3cc(C4CCC(Oc5ccc(N)cc5)C4)nn3C(C)(C)C)cc21. The van der Waals surface area contributed by atoms with E-state index in [1.807, 2.05) is 36.0 Å². The molecule has 1 aliphatic heterocycles. The van der Waals surface area contributed by atoms with Crippen molar-refractivity contribution in [3.8, 4) is 5.75 Å². The van der Waals surface area contributed by atoms with Crippen LogP contribution in [0.1, 0.15) is 71.1 Å². The second-order valence-corrected chi connectivity index (χ2v) is 12.6. The van der Waals surface area contributed by atoms with Crippen LogP contribution in [0.4, 0.5) is 17.2 Å². The van der Waals surface area contributed by atoms with Crippen molar-refractivity contribution >= 4 is 29.0 Å². The molecule has 2 aromatic carbocycles. The van der Waals surface area contributed by atoms with E-state index < -0.39 is 0 Å². The smallest absolute Gasteiger partial charge is 0.129 e. The van der Waals surface area contributed by atoms with Crippen molar-refractivity contribution in [1.29, 1.82) is 0 Å². The van der Waals surface area contributed by atoms with Crippen LogP contribution >= 0.6 is 11.8 Å². The maximum Gasteiger partial charge on any atom is 0.129 e. The van der Waals surface area contributed by atoms with E-state index >= 15 is 0 Å². The van der Waals surface area contributed by atoms with Gasteiger partial charge >= 0.3 is 0 Å². The molecule has 0 bridgehead atoms. The average Bonchev–Trinajstić information content (AvgIpc) is 3.54. The van der Waals surface area contributed by atoms with Gasteiger partial charge in [-0.15, -0.1) is 11.8 Å². The van der Waals surface area contributed by atoms with Crippen molar-refractivity contribution in [2.24, 2.45) is 0 Å². The Kier molecular flexibility index (Phi) is 7.83. The number of hydrogen-bond donors (Lipinski definition) is 3. The lowest BCUT2D eigenvalue weighted by atomic mass is 9.87. The zero-order chi connectivity index (χ0) is 26.8. The number of benzene rings is 2. The quantitative estimate of drug-likeness (QED) is 0.236. The highest BCUT2D eigenvalue weighted by atomic mass is 32.2. The Morgan fingerprint density at radius 1 is 1.16 bits per heavy atom. The number of nitrogen functional groups attached to an aromatic ring is 1. The summed E-state index contributed by atoms with van der Waals surface area (Å²) < 4.78 is 8.38. The molecule has 0 amide bonds. The van der Waals surface area contributed by atoms with Gasteiger partial charge in [0.15, 0.2) is 0 Å². The fourth-order valence-corrected chi connectivity index (χ4v) is 6.33. The van der Waals surface area contributed by atoms with Crippen molar-refractivity contribution in [3.63, 3.8) is 0 Å². The van der Waals surface area contributed by atoms with Crippen LogP contribution in [0.15, 0.2) is 66.3 Å². The largest absolute Gasteiger partial charge is 0.516 e. The maximum absolute atomic E-state index is 7.33. The number of thioether (sulfide) groups is 1. The number of anilines is 3. The molecule has 2 atom stereocenters. The summed E-state index contributed by atoms with van der Waals surface area (Å²) in [4.78, 5) is 1.40. The summed E-state index contributed by atoms with van der Waals surface area (Å²) in [6.07, 6.45) is 4.07. The molecule has 7 heteroatoms. The van der Waals surface area contributed by atoms with Crippen molar-refractivity contribution < 1.29 is 9.84 Å². The Balaban J connectivity index is 0.00000102. The Morgan fingerprint density at radius 2 is 1.86 bits per heavy atom. The maximum atomic E-state index is 7.33. The lowest BCUT2D eigenvalue weighted by Gasteiger charge is -2.23. The molecule has 2 unspecified atom stereocenters. The van der Waals surface area contributed by atoms with Crippen molar-refractivity contribution in [3.05, 3.63) is 72.6 Å². The van der Waals surface area contributed by atoms with Crippen LogP contribution in [-0.2, 0) is 11.0 Å². The minimum atomic E-state index is -0.120. The number of rotatable bonds is 5. The van der Waals surface area contributed by atoms with E-state index in [-0.39, 0.29) is 17.1 Å². The first kappa shape index (κ1) is 27.0. The lowest BCUT2D eigenvalue weighted by molar-refractivity contribution is 0.208. The molecule has 0 spiro atoms. The molecule has 1 fully saturated rings. The van der Waals surface area contributed by atoms with Crippen LogP contribution in [0, 0.1) is 0 Å². The van der Waals surface area contributed by atoms with Crippen LogP contribution < -0.4 is 15.8 Å². The van der Waals surface area contributed by atoms with E-state index in [4.69, 9.17) is 20.7 Å². The van der Waals surface area contributed by atoms with E-state index in [1.54, 1.807) is 0 Å². The third-order valence-electron chi connectivity index (χ3n) is 6.92. The van der Waals surface area contributed by atoms with Crippen molar-refractivity contribution in [2.45, 2.75) is 81.8 Å². The third kappa shape index (κ3) is 6.27. The molecule has 5 rings (SSSR count). The Morgan fingerprint density at radius 3 is 2.54 bits per heavy atom. The summed E-state index contributed by atoms with van der Waals surface area (Å²) in [7, 11) is 0. The van der Waals surface area contributed by atoms with Gasteiger partial charge in [0.1, 0.15) is 11.6 Å². The highest BCUT2D eigenvalue weighted by Gasteiger charge is 2.32. The second-order valence-electron chi connectivity index (χ2n) is 11.5. The van der Waals surface area contributed by atoms with E-state index in [9.17, 15) is 0 Å². The molecule has 6 nitrogen and oxygen atoms in total. The normalized spacial score (nSPS) is 20.0. The Hall–Kier alpha value is -3.06. The molecular weight excluding hydrogens is 480 g/mol. The molecule has 1 aromatic heterocycles. The van der Waals surface area contributed by atoms with E-state index in [0.717, 1.165) is 59.9 Å². The second kappa shape index (κ2) is 10.7. The molecule has 37 heavy (non-hydrogen) atoms. The number of aromatic nitrogens is 2. The molecule has 0 saturated heterocycles. The van der Waals surface area contributed by atoms with E-state index in [1.165, 1.54) is 10.5 Å². The van der Waals surface area contributed by atoms with Gasteiger partial charge < -0.3 is 20.9 Å². The summed E-state index contributed by atoms with van der Waals surface area (Å²) in [5, 5.41) is 16.1. The number of aliphatic hydroxyl groups is 1. The van der Waals surface area contributed by atoms with Gasteiger partial charge in [-0.05, 0) is 88.1 Å². The van der Waals surface area contributed by atoms with E-state index in [0.29, 0.717) is 5.92 Å². The summed E-state index contributed by atoms with van der Waals surface area (Å²) in [6, 6.07) is 16.7. The molecule has 198 valence electrons. The monoisotopic (exact) mass is 520 g/mol. The number of ether oxygens (including phenoxy) is 1. The first-order valence-electron chi connectivity index (χ1n) is 12.9. The van der Waals surface area contributed by atoms with Gasteiger partial charge in [-0.2, -0.15) is 5.10 Å². The summed E-state index contributed by atoms with van der Waals surface area (Å²) in [5.74, 6) is 3.48. The first-order valence-corrected chi connectivity index (χ1v) is 13.9. The van der Waals surface area contributed by atoms with Crippen molar-refractivity contribution in [1.82, 2.24) is 9.78 Å². The van der Waals surface area contributed by atoms with Gasteiger partial charge in [0.2, 0.25) is 0 Å². The van der Waals surface area contributed by atoms with Gasteiger partial charge in [0.25, 0.3) is 0 Å². The van der Waals surface area contributed by atoms with Gasteiger partial charge in [-0.1, -0.05) is 20.4 Å². The Bertz CT molecular complexity index is 1230. The molecule has 4 N–H and O–H groups in total. The van der Waals surface area contributed by atoms with Gasteiger partial charge in [0.05, 0.1) is 23.6 Å². The van der Waals surface area contributed by atoms with Gasteiger partial charge in [-0.3, -0.25) is 0 Å². The first-order chi connectivity index (χ1) is 17.5. The summed E-state index contributed by atoms with van der Waals surface area (Å²) in [5.41, 5.74) is 10.4. The lowest BCUT2D eigenvalue weighted by Crippen LogP contribution is -2.25. The standard InChI is InChI=1S/C28H36N4OS.C2H4O/c1-27(2,3)32-26(30-20-9-13-25-23(15-20)28(4,5)17-34-25)16-24(31-32)18-6-10-22(14-18)33-21-11-7-19(29)8-12-21;1-2-3/h7-9,11-13,15-16,18,22,30H,6,10,14,17,29H2,1-5H3;2-3H,1H2. The van der Waals surface area contributed by atoms with Crippen molar-refractivity contribution in [2.75, 3.05) is 16.8 Å². The van der Waals surface area contributed by atoms with E-state index in [2.05, 4.69) is 75.5 Å². The van der Waals surface area contributed by atoms with Crippen LogP contribution in [0.3, 0.4) is 0 Å². The number of nitrogens with one attached hydrogen (secondary N) is 1. The van der Waals surface area contributed by atoms with Gasteiger partial charge in [-0.25, -0.2) is 4.68 Å². The van der Waals surface area contributed by atoms with Crippen LogP contribution in [-0.4, -0.2) is 26.7 Å². The van der Waals surface area contributed by atoms with Crippen LogP contribution in [0.25, 0.3) is 0 Å². The Labute approximate surface area is 225 Å². The zero-order valence-electron chi connectivity index (χ0n) is 22.6. The molecule has 1 saturated carbocycles. The highest BCUT2D eigenvalue weighted by Crippen LogP contribution is 2.45. The fourth-order valence-electron chi connectivity index (χ4n) is 5.00. The molecule has 2 aliphatic rings. The topological polar surface area (TPSA) is 85.3 Å². The average molecular weight is 521 g/mol. The summed E-state index contributed by atoms with van der Waals surface area (Å²) in [6.45, 7) is 14.2. The molecular formula is C30H40N4O2S. The van der Waals surface area contributed by atoms with Gasteiger partial charge in [0, 0.05) is 39.4 Å². The number of hydrogen-bond acceptors (Lipinski definition) is 6. The number of aliphatic hydroxyl groups excluding tert-OH is 1. The minimum Gasteiger partial charge on any atom is -0.516 e. The number of fused-ring (bicyclic) bond motifs is 1.